The van der Waals surface area contributed by atoms with Gasteiger partial charge in [0.1, 0.15) is 6.17 Å². The molecule has 1 aliphatic rings. The van der Waals surface area contributed by atoms with Crippen LogP contribution in [0.5, 0.6) is 0 Å². The van der Waals surface area contributed by atoms with Crippen molar-refractivity contribution in [3.05, 3.63) is 53.1 Å². The Bertz CT molecular complexity index is 694. The van der Waals surface area contributed by atoms with Gasteiger partial charge in [0, 0.05) is 16.3 Å². The van der Waals surface area contributed by atoms with Crippen molar-refractivity contribution in [2.45, 2.75) is 20.0 Å². The van der Waals surface area contributed by atoms with Gasteiger partial charge < -0.3 is 5.32 Å². The molecule has 0 amide bonds. The van der Waals surface area contributed by atoms with E-state index >= 15 is 0 Å². The number of nitrogens with zero attached hydrogens (tertiary/aromatic N) is 1. The highest BCUT2D eigenvalue weighted by Crippen LogP contribution is 2.32. The molecule has 0 spiro atoms. The summed E-state index contributed by atoms with van der Waals surface area (Å²) < 4.78 is 0. The van der Waals surface area contributed by atoms with Crippen LogP contribution in [0, 0.1) is 5.92 Å². The Hall–Kier alpha value is -1.84. The SMILES string of the molecule is CC(C)CNC1N=CNc2ccc(-c3cccc(Cl)c3)cc21. The fourth-order valence-electron chi connectivity index (χ4n) is 2.54. The highest BCUT2D eigenvalue weighted by Gasteiger charge is 2.18. The molecule has 0 fully saturated rings. The van der Waals surface area contributed by atoms with Gasteiger partial charge in [0.25, 0.3) is 0 Å². The van der Waals surface area contributed by atoms with Gasteiger partial charge in [-0.3, -0.25) is 10.3 Å². The summed E-state index contributed by atoms with van der Waals surface area (Å²) in [5.74, 6) is 0.588. The maximum atomic E-state index is 6.10. The smallest absolute Gasteiger partial charge is 0.129 e. The lowest BCUT2D eigenvalue weighted by molar-refractivity contribution is 0.485. The summed E-state index contributed by atoms with van der Waals surface area (Å²) in [5, 5.41) is 7.47. The number of benzene rings is 2. The summed E-state index contributed by atoms with van der Waals surface area (Å²) in [6, 6.07) is 14.3. The number of nitrogens with one attached hydrogen (secondary N) is 2. The van der Waals surface area contributed by atoms with E-state index in [9.17, 15) is 0 Å². The minimum Gasteiger partial charge on any atom is -0.346 e. The Kier molecular flexibility index (Phi) is 4.46. The topological polar surface area (TPSA) is 36.4 Å². The van der Waals surface area contributed by atoms with Crippen molar-refractivity contribution < 1.29 is 0 Å². The van der Waals surface area contributed by atoms with Gasteiger partial charge in [-0.25, -0.2) is 0 Å². The zero-order valence-electron chi connectivity index (χ0n) is 12.8. The maximum Gasteiger partial charge on any atom is 0.129 e. The summed E-state index contributed by atoms with van der Waals surface area (Å²) in [4.78, 5) is 4.52. The van der Waals surface area contributed by atoms with Crippen molar-refractivity contribution in [1.29, 1.82) is 0 Å². The monoisotopic (exact) mass is 313 g/mol. The molecule has 0 aliphatic carbocycles. The largest absolute Gasteiger partial charge is 0.346 e. The van der Waals surface area contributed by atoms with Crippen LogP contribution in [0.1, 0.15) is 25.6 Å². The third-order valence-corrected chi connectivity index (χ3v) is 3.90. The van der Waals surface area contributed by atoms with Crippen LogP contribution in [0.2, 0.25) is 5.02 Å². The minimum absolute atomic E-state index is 0.00205. The average Bonchev–Trinajstić information content (AvgIpc) is 2.52. The van der Waals surface area contributed by atoms with Crippen LogP contribution in [0.15, 0.2) is 47.5 Å². The summed E-state index contributed by atoms with van der Waals surface area (Å²) in [6.45, 7) is 5.32. The number of hydrogen-bond acceptors (Lipinski definition) is 3. The fraction of sp³-hybridized carbons (Fsp3) is 0.278. The van der Waals surface area contributed by atoms with E-state index in [1.54, 1.807) is 6.34 Å². The van der Waals surface area contributed by atoms with Gasteiger partial charge in [0.2, 0.25) is 0 Å². The molecule has 0 saturated carbocycles. The molecule has 4 heteroatoms. The predicted octanol–water partition coefficient (Wildman–Crippen LogP) is 4.71. The number of halogens is 1. The van der Waals surface area contributed by atoms with Gasteiger partial charge in [-0.05, 0) is 47.9 Å². The molecule has 0 aromatic heterocycles. The van der Waals surface area contributed by atoms with Gasteiger partial charge in [0.05, 0.1) is 6.34 Å². The molecule has 0 radical (unpaired) electrons. The van der Waals surface area contributed by atoms with Gasteiger partial charge in [-0.15, -0.1) is 0 Å². The van der Waals surface area contributed by atoms with Crippen molar-refractivity contribution in [3.63, 3.8) is 0 Å². The van der Waals surface area contributed by atoms with E-state index in [0.717, 1.165) is 28.4 Å². The first kappa shape index (κ1) is 15.1. The number of fused-ring (bicyclic) bond motifs is 1. The van der Waals surface area contributed by atoms with Gasteiger partial charge >= 0.3 is 0 Å². The fourth-order valence-corrected chi connectivity index (χ4v) is 2.73. The number of rotatable bonds is 4. The van der Waals surface area contributed by atoms with Crippen LogP contribution >= 0.6 is 11.6 Å². The van der Waals surface area contributed by atoms with Gasteiger partial charge in [-0.2, -0.15) is 0 Å². The first-order valence-electron chi connectivity index (χ1n) is 7.55. The molecule has 2 aromatic carbocycles. The molecule has 2 N–H and O–H groups in total. The van der Waals surface area contributed by atoms with Crippen molar-refractivity contribution in [2.24, 2.45) is 10.9 Å². The molecular weight excluding hydrogens is 294 g/mol. The molecule has 2 aromatic rings. The molecule has 22 heavy (non-hydrogen) atoms. The zero-order valence-corrected chi connectivity index (χ0v) is 13.6. The third kappa shape index (κ3) is 3.32. The number of aliphatic imine (C=N–C) groups is 1. The van der Waals surface area contributed by atoms with Crippen LogP contribution < -0.4 is 10.6 Å². The minimum atomic E-state index is -0.00205. The summed E-state index contributed by atoms with van der Waals surface area (Å²) in [7, 11) is 0. The summed E-state index contributed by atoms with van der Waals surface area (Å²) in [5.41, 5.74) is 4.53. The van der Waals surface area contributed by atoms with E-state index < -0.39 is 0 Å². The highest BCUT2D eigenvalue weighted by atomic mass is 35.5. The molecule has 114 valence electrons. The third-order valence-electron chi connectivity index (χ3n) is 3.67. The van der Waals surface area contributed by atoms with Gasteiger partial charge in [0.15, 0.2) is 0 Å². The molecule has 3 nitrogen and oxygen atoms in total. The Morgan fingerprint density at radius 1 is 1.18 bits per heavy atom. The first-order chi connectivity index (χ1) is 10.6. The maximum absolute atomic E-state index is 6.10. The molecular formula is C18H20ClN3. The van der Waals surface area contributed by atoms with E-state index in [-0.39, 0.29) is 6.17 Å². The Balaban J connectivity index is 1.93. The van der Waals surface area contributed by atoms with Crippen molar-refractivity contribution in [3.8, 4) is 11.1 Å². The van der Waals surface area contributed by atoms with E-state index in [4.69, 9.17) is 11.6 Å². The Labute approximate surface area is 136 Å². The molecule has 1 unspecified atom stereocenters. The average molecular weight is 314 g/mol. The summed E-state index contributed by atoms with van der Waals surface area (Å²) >= 11 is 6.10. The lowest BCUT2D eigenvalue weighted by Gasteiger charge is -2.23. The zero-order chi connectivity index (χ0) is 15.5. The number of hydrogen-bond donors (Lipinski definition) is 2. The predicted molar refractivity (Wildman–Crippen MR) is 94.6 cm³/mol. The van der Waals surface area contributed by atoms with Crippen LogP contribution in [-0.2, 0) is 0 Å². The van der Waals surface area contributed by atoms with E-state index in [2.05, 4.69) is 53.7 Å². The Morgan fingerprint density at radius 3 is 2.77 bits per heavy atom. The second-order valence-electron chi connectivity index (χ2n) is 5.94. The molecule has 3 rings (SSSR count). The lowest BCUT2D eigenvalue weighted by Crippen LogP contribution is -2.27. The van der Waals surface area contributed by atoms with Crippen LogP contribution in [-0.4, -0.2) is 12.9 Å². The molecule has 1 heterocycles. The molecule has 1 aliphatic heterocycles. The second kappa shape index (κ2) is 6.51. The van der Waals surface area contributed by atoms with Crippen molar-refractivity contribution in [2.75, 3.05) is 11.9 Å². The first-order valence-corrected chi connectivity index (χ1v) is 7.93. The molecule has 1 atom stereocenters. The second-order valence-corrected chi connectivity index (χ2v) is 6.38. The van der Waals surface area contributed by atoms with E-state index in [1.165, 1.54) is 5.56 Å². The Morgan fingerprint density at radius 2 is 2.00 bits per heavy atom. The molecule has 0 bridgehead atoms. The van der Waals surface area contributed by atoms with Crippen LogP contribution in [0.25, 0.3) is 11.1 Å². The van der Waals surface area contributed by atoms with Gasteiger partial charge in [-0.1, -0.05) is 43.6 Å². The highest BCUT2D eigenvalue weighted by molar-refractivity contribution is 6.30. The standard InChI is InChI=1S/C18H20ClN3/c1-12(2)10-20-18-16-9-14(6-7-17(16)21-11-22-18)13-4-3-5-15(19)8-13/h3-9,11-12,18,20H,10H2,1-2H3,(H,21,22). The van der Waals surface area contributed by atoms with Crippen LogP contribution in [0.4, 0.5) is 5.69 Å². The number of anilines is 1. The quantitative estimate of drug-likeness (QED) is 0.858. The van der Waals surface area contributed by atoms with Crippen LogP contribution in [0.3, 0.4) is 0 Å². The summed E-state index contributed by atoms with van der Waals surface area (Å²) in [6.07, 6.45) is 1.76. The normalized spacial score (nSPS) is 16.5. The van der Waals surface area contributed by atoms with E-state index in [1.807, 2.05) is 18.2 Å². The van der Waals surface area contributed by atoms with Crippen molar-refractivity contribution >= 4 is 23.6 Å². The van der Waals surface area contributed by atoms with E-state index in [0.29, 0.717) is 5.92 Å². The van der Waals surface area contributed by atoms with Crippen molar-refractivity contribution in [1.82, 2.24) is 5.32 Å². The lowest BCUT2D eigenvalue weighted by atomic mass is 9.99. The molecule has 0 saturated heterocycles.